The third-order valence-electron chi connectivity index (χ3n) is 2.65. The molecule has 2 rings (SSSR count). The van der Waals surface area contributed by atoms with Crippen molar-refractivity contribution in [2.24, 2.45) is 0 Å². The maximum Gasteiger partial charge on any atom is 0.328 e. The van der Waals surface area contributed by atoms with Crippen LogP contribution in [0.15, 0.2) is 6.07 Å². The van der Waals surface area contributed by atoms with Crippen LogP contribution in [0.1, 0.15) is 38.3 Å². The molecule has 0 aliphatic rings. The monoisotopic (exact) mass is 280 g/mol. The van der Waals surface area contributed by atoms with Gasteiger partial charge in [-0.05, 0) is 40.2 Å². The van der Waals surface area contributed by atoms with E-state index < -0.39 is 5.60 Å². The van der Waals surface area contributed by atoms with Gasteiger partial charge in [-0.2, -0.15) is 5.10 Å². The lowest BCUT2D eigenvalue weighted by Crippen LogP contribution is -2.26. The highest BCUT2D eigenvalue weighted by Gasteiger charge is 2.19. The van der Waals surface area contributed by atoms with Gasteiger partial charge in [0.2, 0.25) is 0 Å². The van der Waals surface area contributed by atoms with Crippen LogP contribution in [-0.4, -0.2) is 21.4 Å². The Balaban J connectivity index is 2.28. The van der Waals surface area contributed by atoms with Gasteiger partial charge in [0.05, 0.1) is 15.9 Å². The number of ether oxygens (including phenoxy) is 1. The van der Waals surface area contributed by atoms with Crippen molar-refractivity contribution >= 4 is 27.5 Å². The standard InChI is InChI=1S/C14H20N2O2S/c1-6-10-13-11(7-9(2)19-13)16(15-10)8-12(17)18-14(3,4)5/h7H,6,8H2,1-5H3. The maximum atomic E-state index is 11.9. The summed E-state index contributed by atoms with van der Waals surface area (Å²) in [5.74, 6) is -0.247. The molecule has 0 spiro atoms. The van der Waals surface area contributed by atoms with E-state index in [9.17, 15) is 4.79 Å². The summed E-state index contributed by atoms with van der Waals surface area (Å²) in [7, 11) is 0. The van der Waals surface area contributed by atoms with Gasteiger partial charge in [0.25, 0.3) is 0 Å². The zero-order valence-corrected chi connectivity index (χ0v) is 12.9. The predicted octanol–water partition coefficient (Wildman–Crippen LogP) is 3.31. The number of carbonyl (C=O) groups excluding carboxylic acids is 1. The molecule has 0 saturated heterocycles. The average Bonchev–Trinajstić information content (AvgIpc) is 2.75. The van der Waals surface area contributed by atoms with Crippen LogP contribution in [0.4, 0.5) is 0 Å². The summed E-state index contributed by atoms with van der Waals surface area (Å²) in [6.07, 6.45) is 0.873. The van der Waals surface area contributed by atoms with E-state index in [1.165, 1.54) is 9.58 Å². The SMILES string of the molecule is CCc1nn(CC(=O)OC(C)(C)C)c2cc(C)sc12. The molecule has 0 amide bonds. The fourth-order valence-electron chi connectivity index (χ4n) is 1.99. The molecule has 0 fully saturated rings. The number of hydrogen-bond acceptors (Lipinski definition) is 4. The molecule has 5 heteroatoms. The molecule has 0 unspecified atom stereocenters. The number of aryl methyl sites for hydroxylation is 2. The van der Waals surface area contributed by atoms with Gasteiger partial charge >= 0.3 is 5.97 Å². The van der Waals surface area contributed by atoms with Crippen LogP contribution in [0.25, 0.3) is 10.2 Å². The van der Waals surface area contributed by atoms with Crippen LogP contribution in [0.3, 0.4) is 0 Å². The first-order valence-corrected chi connectivity index (χ1v) is 7.29. The van der Waals surface area contributed by atoms with Crippen LogP contribution < -0.4 is 0 Å². The van der Waals surface area contributed by atoms with E-state index in [-0.39, 0.29) is 12.5 Å². The summed E-state index contributed by atoms with van der Waals surface area (Å²) in [5.41, 5.74) is 1.63. The van der Waals surface area contributed by atoms with Crippen LogP contribution >= 0.6 is 11.3 Å². The van der Waals surface area contributed by atoms with Gasteiger partial charge in [-0.1, -0.05) is 6.92 Å². The Bertz CT molecular complexity index is 605. The van der Waals surface area contributed by atoms with Gasteiger partial charge in [-0.25, -0.2) is 0 Å². The van der Waals surface area contributed by atoms with Crippen LogP contribution in [0.2, 0.25) is 0 Å². The summed E-state index contributed by atoms with van der Waals surface area (Å²) in [5, 5.41) is 4.51. The highest BCUT2D eigenvalue weighted by atomic mass is 32.1. The Kier molecular flexibility index (Phi) is 3.67. The fraction of sp³-hybridized carbons (Fsp3) is 0.571. The van der Waals surface area contributed by atoms with E-state index in [1.807, 2.05) is 20.8 Å². The number of thiophene rings is 1. The quantitative estimate of drug-likeness (QED) is 0.810. The highest BCUT2D eigenvalue weighted by Crippen LogP contribution is 2.28. The largest absolute Gasteiger partial charge is 0.459 e. The van der Waals surface area contributed by atoms with E-state index in [4.69, 9.17) is 4.74 Å². The van der Waals surface area contributed by atoms with Crippen molar-refractivity contribution in [2.45, 2.75) is 53.2 Å². The molecule has 4 nitrogen and oxygen atoms in total. The normalized spacial score (nSPS) is 12.1. The van der Waals surface area contributed by atoms with Crippen molar-refractivity contribution in [3.63, 3.8) is 0 Å². The van der Waals surface area contributed by atoms with E-state index in [0.717, 1.165) is 17.6 Å². The lowest BCUT2D eigenvalue weighted by atomic mass is 10.2. The lowest BCUT2D eigenvalue weighted by Gasteiger charge is -2.19. The Morgan fingerprint density at radius 1 is 1.47 bits per heavy atom. The smallest absolute Gasteiger partial charge is 0.328 e. The van der Waals surface area contributed by atoms with Crippen molar-refractivity contribution < 1.29 is 9.53 Å². The molecule has 0 bridgehead atoms. The minimum Gasteiger partial charge on any atom is -0.459 e. The number of aromatic nitrogens is 2. The fourth-order valence-corrected chi connectivity index (χ4v) is 3.06. The molecule has 0 aliphatic carbocycles. The summed E-state index contributed by atoms with van der Waals surface area (Å²) < 4.78 is 8.28. The molecule has 0 aliphatic heterocycles. The van der Waals surface area contributed by atoms with Gasteiger partial charge in [0.15, 0.2) is 0 Å². The Morgan fingerprint density at radius 3 is 2.74 bits per heavy atom. The highest BCUT2D eigenvalue weighted by molar-refractivity contribution is 7.19. The van der Waals surface area contributed by atoms with E-state index >= 15 is 0 Å². The van der Waals surface area contributed by atoms with Crippen LogP contribution in [0, 0.1) is 6.92 Å². The van der Waals surface area contributed by atoms with E-state index in [0.29, 0.717) is 0 Å². The first-order valence-electron chi connectivity index (χ1n) is 6.48. The molecule has 0 N–H and O–H groups in total. The molecule has 2 heterocycles. The Morgan fingerprint density at radius 2 is 2.16 bits per heavy atom. The number of nitrogens with zero attached hydrogens (tertiary/aromatic N) is 2. The zero-order chi connectivity index (χ0) is 14.2. The predicted molar refractivity (Wildman–Crippen MR) is 77.6 cm³/mol. The van der Waals surface area contributed by atoms with E-state index in [1.54, 1.807) is 16.0 Å². The summed E-state index contributed by atoms with van der Waals surface area (Å²) in [6.45, 7) is 9.93. The van der Waals surface area contributed by atoms with Crippen LogP contribution in [-0.2, 0) is 22.5 Å². The molecule has 0 atom stereocenters. The molecule has 0 aromatic carbocycles. The van der Waals surface area contributed by atoms with Crippen molar-refractivity contribution in [3.8, 4) is 0 Å². The van der Waals surface area contributed by atoms with Gasteiger partial charge in [0.1, 0.15) is 12.1 Å². The van der Waals surface area contributed by atoms with Gasteiger partial charge in [-0.3, -0.25) is 9.48 Å². The first kappa shape index (κ1) is 14.1. The minimum absolute atomic E-state index is 0.171. The topological polar surface area (TPSA) is 44.1 Å². The first-order chi connectivity index (χ1) is 8.80. The molecule has 2 aromatic heterocycles. The molecular formula is C14H20N2O2S. The Labute approximate surface area is 117 Å². The van der Waals surface area contributed by atoms with Gasteiger partial charge in [-0.15, -0.1) is 11.3 Å². The lowest BCUT2D eigenvalue weighted by molar-refractivity contribution is -0.155. The second kappa shape index (κ2) is 4.96. The Hall–Kier alpha value is -1.36. The van der Waals surface area contributed by atoms with Crippen molar-refractivity contribution in [1.82, 2.24) is 9.78 Å². The third kappa shape index (κ3) is 3.15. The third-order valence-corrected chi connectivity index (χ3v) is 3.74. The second-order valence-electron chi connectivity index (χ2n) is 5.62. The summed E-state index contributed by atoms with van der Waals surface area (Å²) in [4.78, 5) is 13.1. The molecule has 2 aromatic rings. The minimum atomic E-state index is -0.457. The molecule has 19 heavy (non-hydrogen) atoms. The van der Waals surface area contributed by atoms with Crippen molar-refractivity contribution in [1.29, 1.82) is 0 Å². The van der Waals surface area contributed by atoms with Crippen molar-refractivity contribution in [3.05, 3.63) is 16.6 Å². The second-order valence-corrected chi connectivity index (χ2v) is 6.87. The van der Waals surface area contributed by atoms with Crippen molar-refractivity contribution in [2.75, 3.05) is 0 Å². The number of rotatable bonds is 3. The van der Waals surface area contributed by atoms with Gasteiger partial charge in [0, 0.05) is 4.88 Å². The van der Waals surface area contributed by atoms with E-state index in [2.05, 4.69) is 25.0 Å². The molecule has 0 radical (unpaired) electrons. The number of fused-ring (bicyclic) bond motifs is 1. The van der Waals surface area contributed by atoms with Crippen LogP contribution in [0.5, 0.6) is 0 Å². The number of esters is 1. The average molecular weight is 280 g/mol. The molecule has 104 valence electrons. The van der Waals surface area contributed by atoms with Gasteiger partial charge < -0.3 is 4.74 Å². The zero-order valence-electron chi connectivity index (χ0n) is 12.1. The number of hydrogen-bond donors (Lipinski definition) is 0. The molecular weight excluding hydrogens is 260 g/mol. The number of carbonyl (C=O) groups is 1. The summed E-state index contributed by atoms with van der Waals surface area (Å²) in [6, 6.07) is 2.08. The summed E-state index contributed by atoms with van der Waals surface area (Å²) >= 11 is 1.73. The molecule has 0 saturated carbocycles. The maximum absolute atomic E-state index is 11.9.